The summed E-state index contributed by atoms with van der Waals surface area (Å²) in [5.41, 5.74) is 1.93. The van der Waals surface area contributed by atoms with Crippen molar-refractivity contribution in [2.75, 3.05) is 11.9 Å². The summed E-state index contributed by atoms with van der Waals surface area (Å²) in [7, 11) is 0. The second-order valence-corrected chi connectivity index (χ2v) is 6.93. The van der Waals surface area contributed by atoms with Gasteiger partial charge in [0.05, 0.1) is 18.0 Å². The monoisotopic (exact) mass is 409 g/mol. The minimum Gasteiger partial charge on any atom is -0.492 e. The molecule has 0 radical (unpaired) electrons. The zero-order valence-electron chi connectivity index (χ0n) is 15.0. The van der Waals surface area contributed by atoms with Gasteiger partial charge in [0.25, 0.3) is 5.91 Å². The number of rotatable bonds is 6. The number of hydrogen-bond donors (Lipinski definition) is 1. The molecule has 2 aromatic carbocycles. The first-order valence-corrected chi connectivity index (χ1v) is 9.73. The number of nitrogens with one attached hydrogen (secondary N) is 1. The van der Waals surface area contributed by atoms with Crippen molar-refractivity contribution in [3.8, 4) is 22.4 Å². The Balaban J connectivity index is 1.80. The summed E-state index contributed by atoms with van der Waals surface area (Å²) in [6, 6.07) is 16.3. The van der Waals surface area contributed by atoms with Gasteiger partial charge in [0.1, 0.15) is 22.4 Å². The van der Waals surface area contributed by atoms with Crippen molar-refractivity contribution >= 4 is 40.6 Å². The maximum absolute atomic E-state index is 12.5. The SMILES string of the molecule is CCOc1ccccc1NC(=O)/C(C#N)=C/c1csc(-c2ccc(Cl)cc2)n1. The summed E-state index contributed by atoms with van der Waals surface area (Å²) in [6.07, 6.45) is 1.47. The predicted octanol–water partition coefficient (Wildman–Crippen LogP) is 5.41. The van der Waals surface area contributed by atoms with Crippen LogP contribution >= 0.6 is 22.9 Å². The van der Waals surface area contributed by atoms with Crippen LogP contribution in [0.15, 0.2) is 59.5 Å². The summed E-state index contributed by atoms with van der Waals surface area (Å²) in [4.78, 5) is 17.0. The number of anilines is 1. The minimum absolute atomic E-state index is 0.0424. The van der Waals surface area contributed by atoms with Gasteiger partial charge in [-0.15, -0.1) is 11.3 Å². The molecule has 0 aliphatic heterocycles. The number of thiazole rings is 1. The Morgan fingerprint density at radius 1 is 1.29 bits per heavy atom. The lowest BCUT2D eigenvalue weighted by atomic mass is 10.2. The number of nitrogens with zero attached hydrogens (tertiary/aromatic N) is 2. The fourth-order valence-electron chi connectivity index (χ4n) is 2.41. The van der Waals surface area contributed by atoms with E-state index in [9.17, 15) is 10.1 Å². The molecule has 140 valence electrons. The molecule has 1 N–H and O–H groups in total. The third-order valence-corrected chi connectivity index (χ3v) is 4.87. The molecular formula is C21H16ClN3O2S. The van der Waals surface area contributed by atoms with Gasteiger partial charge in [-0.2, -0.15) is 5.26 Å². The van der Waals surface area contributed by atoms with Crippen LogP contribution in [0.25, 0.3) is 16.6 Å². The Morgan fingerprint density at radius 2 is 2.04 bits per heavy atom. The molecule has 0 saturated carbocycles. The number of carbonyl (C=O) groups is 1. The van der Waals surface area contributed by atoms with Gasteiger partial charge < -0.3 is 10.1 Å². The molecular weight excluding hydrogens is 394 g/mol. The molecule has 3 rings (SSSR count). The van der Waals surface area contributed by atoms with Crippen molar-refractivity contribution in [2.24, 2.45) is 0 Å². The van der Waals surface area contributed by atoms with E-state index in [0.717, 1.165) is 10.6 Å². The van der Waals surface area contributed by atoms with Crippen LogP contribution in [0.3, 0.4) is 0 Å². The molecule has 0 saturated heterocycles. The number of para-hydroxylation sites is 2. The van der Waals surface area contributed by atoms with E-state index in [2.05, 4.69) is 10.3 Å². The van der Waals surface area contributed by atoms with Crippen molar-refractivity contribution < 1.29 is 9.53 Å². The molecule has 1 heterocycles. The number of aromatic nitrogens is 1. The molecule has 1 amide bonds. The molecule has 0 unspecified atom stereocenters. The first-order chi connectivity index (χ1) is 13.6. The average Bonchev–Trinajstić information content (AvgIpc) is 3.17. The summed E-state index contributed by atoms with van der Waals surface area (Å²) in [5.74, 6) is 0.0324. The van der Waals surface area contributed by atoms with Gasteiger partial charge in [-0.1, -0.05) is 35.9 Å². The highest BCUT2D eigenvalue weighted by molar-refractivity contribution is 7.13. The summed E-state index contributed by atoms with van der Waals surface area (Å²) < 4.78 is 5.49. The number of carbonyl (C=O) groups excluding carboxylic acids is 1. The Kier molecular flexibility index (Phi) is 6.43. The van der Waals surface area contributed by atoms with Gasteiger partial charge in [-0.3, -0.25) is 4.79 Å². The maximum Gasteiger partial charge on any atom is 0.266 e. The molecule has 0 spiro atoms. The first-order valence-electron chi connectivity index (χ1n) is 8.47. The number of hydrogen-bond acceptors (Lipinski definition) is 5. The van der Waals surface area contributed by atoms with Gasteiger partial charge in [0.15, 0.2) is 0 Å². The third-order valence-electron chi connectivity index (χ3n) is 3.71. The molecule has 0 fully saturated rings. The van der Waals surface area contributed by atoms with E-state index < -0.39 is 5.91 Å². The van der Waals surface area contributed by atoms with Gasteiger partial charge >= 0.3 is 0 Å². The molecule has 0 bridgehead atoms. The second-order valence-electron chi connectivity index (χ2n) is 5.64. The minimum atomic E-state index is -0.518. The molecule has 0 atom stereocenters. The van der Waals surface area contributed by atoms with E-state index in [0.29, 0.717) is 28.8 Å². The van der Waals surface area contributed by atoms with Crippen molar-refractivity contribution in [2.45, 2.75) is 6.92 Å². The molecule has 1 aromatic heterocycles. The Bertz CT molecular complexity index is 1050. The maximum atomic E-state index is 12.5. The summed E-state index contributed by atoms with van der Waals surface area (Å²) in [5, 5.41) is 15.4. The van der Waals surface area contributed by atoms with E-state index in [1.165, 1.54) is 17.4 Å². The van der Waals surface area contributed by atoms with E-state index in [-0.39, 0.29) is 5.57 Å². The van der Waals surface area contributed by atoms with Crippen LogP contribution in [0.5, 0.6) is 5.75 Å². The quantitative estimate of drug-likeness (QED) is 0.436. The first kappa shape index (κ1) is 19.6. The molecule has 0 aliphatic rings. The van der Waals surface area contributed by atoms with Crippen LogP contribution in [-0.2, 0) is 4.79 Å². The normalized spacial score (nSPS) is 11.0. The van der Waals surface area contributed by atoms with Crippen LogP contribution < -0.4 is 10.1 Å². The topological polar surface area (TPSA) is 75.0 Å². The standard InChI is InChI=1S/C21H16ClN3O2S/c1-2-27-19-6-4-3-5-18(19)25-20(26)15(12-23)11-17-13-28-21(24-17)14-7-9-16(22)10-8-14/h3-11,13H,2H2,1H3,(H,25,26)/b15-11+. The van der Waals surface area contributed by atoms with Crippen molar-refractivity contribution in [3.63, 3.8) is 0 Å². The van der Waals surface area contributed by atoms with Gasteiger partial charge in [0, 0.05) is 16.0 Å². The lowest BCUT2D eigenvalue weighted by Gasteiger charge is -2.10. The molecule has 7 heteroatoms. The molecule has 28 heavy (non-hydrogen) atoms. The van der Waals surface area contributed by atoms with Gasteiger partial charge in [-0.05, 0) is 37.3 Å². The van der Waals surface area contributed by atoms with Gasteiger partial charge in [-0.25, -0.2) is 4.98 Å². The van der Waals surface area contributed by atoms with Crippen molar-refractivity contribution in [3.05, 3.63) is 70.2 Å². The van der Waals surface area contributed by atoms with E-state index in [1.807, 2.05) is 31.2 Å². The highest BCUT2D eigenvalue weighted by atomic mass is 35.5. The van der Waals surface area contributed by atoms with Crippen LogP contribution in [-0.4, -0.2) is 17.5 Å². The van der Waals surface area contributed by atoms with Crippen molar-refractivity contribution in [1.82, 2.24) is 4.98 Å². The number of amides is 1. The Morgan fingerprint density at radius 3 is 2.75 bits per heavy atom. The fraction of sp³-hybridized carbons (Fsp3) is 0.0952. The van der Waals surface area contributed by atoms with Crippen LogP contribution in [0.2, 0.25) is 5.02 Å². The van der Waals surface area contributed by atoms with E-state index in [4.69, 9.17) is 16.3 Å². The number of ether oxygens (including phenoxy) is 1. The fourth-order valence-corrected chi connectivity index (χ4v) is 3.32. The molecule has 0 aliphatic carbocycles. The van der Waals surface area contributed by atoms with E-state index >= 15 is 0 Å². The summed E-state index contributed by atoms with van der Waals surface area (Å²) in [6.45, 7) is 2.33. The van der Waals surface area contributed by atoms with Crippen LogP contribution in [0.1, 0.15) is 12.6 Å². The van der Waals surface area contributed by atoms with Crippen LogP contribution in [0.4, 0.5) is 5.69 Å². The van der Waals surface area contributed by atoms with Crippen LogP contribution in [0, 0.1) is 11.3 Å². The smallest absolute Gasteiger partial charge is 0.266 e. The second kappa shape index (κ2) is 9.18. The largest absolute Gasteiger partial charge is 0.492 e. The average molecular weight is 410 g/mol. The van der Waals surface area contributed by atoms with Gasteiger partial charge in [0.2, 0.25) is 0 Å². The summed E-state index contributed by atoms with van der Waals surface area (Å²) >= 11 is 7.33. The molecule has 3 aromatic rings. The molecule has 5 nitrogen and oxygen atoms in total. The predicted molar refractivity (Wildman–Crippen MR) is 112 cm³/mol. The lowest BCUT2D eigenvalue weighted by Crippen LogP contribution is -2.14. The Labute approximate surface area is 171 Å². The highest BCUT2D eigenvalue weighted by Gasteiger charge is 2.13. The number of benzene rings is 2. The number of nitriles is 1. The third kappa shape index (κ3) is 4.77. The number of halogens is 1. The zero-order chi connectivity index (χ0) is 19.9. The van der Waals surface area contributed by atoms with E-state index in [1.54, 1.807) is 35.7 Å². The highest BCUT2D eigenvalue weighted by Crippen LogP contribution is 2.27. The van der Waals surface area contributed by atoms with Crippen molar-refractivity contribution in [1.29, 1.82) is 5.26 Å². The zero-order valence-corrected chi connectivity index (χ0v) is 16.6. The Hall–Kier alpha value is -3.14. The lowest BCUT2D eigenvalue weighted by molar-refractivity contribution is -0.112.